The normalized spacial score (nSPS) is 13.4. The van der Waals surface area contributed by atoms with Crippen molar-refractivity contribution in [3.63, 3.8) is 0 Å². The molecule has 0 fully saturated rings. The molecule has 1 atom stereocenters. The molecule has 0 radical (unpaired) electrons. The second-order valence-electron chi connectivity index (χ2n) is 4.65. The van der Waals surface area contributed by atoms with Crippen molar-refractivity contribution in [2.75, 3.05) is 19.7 Å². The second kappa shape index (κ2) is 8.24. The van der Waals surface area contributed by atoms with Gasteiger partial charge in [-0.1, -0.05) is 12.1 Å². The van der Waals surface area contributed by atoms with Crippen LogP contribution >= 0.6 is 0 Å². The Hall–Kier alpha value is -1.11. The molecule has 1 aromatic rings. The number of hydrogen-bond acceptors (Lipinski definition) is 3. The Balaban J connectivity index is 2.53. The molecule has 0 saturated carbocycles. The third-order valence-electron chi connectivity index (χ3n) is 3.10. The topological polar surface area (TPSA) is 58.3 Å². The average molecular weight is 290 g/mol. The lowest BCUT2D eigenvalue weighted by atomic mass is 10.0. The van der Waals surface area contributed by atoms with Crippen LogP contribution < -0.4 is 11.1 Å². The van der Waals surface area contributed by atoms with Gasteiger partial charge in [0.25, 0.3) is 0 Å². The van der Waals surface area contributed by atoms with Gasteiger partial charge >= 0.3 is 6.18 Å². The Bertz CT molecular complexity index is 379. The van der Waals surface area contributed by atoms with E-state index in [-0.39, 0.29) is 12.6 Å². The van der Waals surface area contributed by atoms with E-state index < -0.39 is 11.7 Å². The Morgan fingerprint density at radius 3 is 2.25 bits per heavy atom. The minimum atomic E-state index is -4.31. The highest BCUT2D eigenvalue weighted by atomic mass is 19.4. The predicted octanol–water partition coefficient (Wildman–Crippen LogP) is 2.46. The molecule has 1 rings (SSSR count). The number of nitrogens with two attached hydrogens (primary N) is 1. The molecule has 3 nitrogen and oxygen atoms in total. The zero-order valence-corrected chi connectivity index (χ0v) is 11.3. The van der Waals surface area contributed by atoms with Gasteiger partial charge in [0.05, 0.1) is 5.56 Å². The third kappa shape index (κ3) is 5.48. The van der Waals surface area contributed by atoms with Crippen molar-refractivity contribution in [2.24, 2.45) is 5.73 Å². The molecule has 0 bridgehead atoms. The standard InChI is InChI=1S/C14H21F3N2O/c15-14(16,17)12-6-4-11(5-7-12)13(10-18)19-8-2-1-3-9-20/h4-7,13,19-20H,1-3,8-10,18H2. The number of benzene rings is 1. The number of alkyl halides is 3. The van der Waals surface area contributed by atoms with E-state index in [1.807, 2.05) is 0 Å². The molecule has 0 spiro atoms. The van der Waals surface area contributed by atoms with Crippen LogP contribution in [0.4, 0.5) is 13.2 Å². The zero-order valence-electron chi connectivity index (χ0n) is 11.3. The number of hydrogen-bond donors (Lipinski definition) is 3. The quantitative estimate of drug-likeness (QED) is 0.645. The van der Waals surface area contributed by atoms with Gasteiger partial charge in [-0.3, -0.25) is 0 Å². The summed E-state index contributed by atoms with van der Waals surface area (Å²) in [4.78, 5) is 0. The van der Waals surface area contributed by atoms with Crippen molar-refractivity contribution in [3.05, 3.63) is 35.4 Å². The first-order valence-corrected chi connectivity index (χ1v) is 6.70. The summed E-state index contributed by atoms with van der Waals surface area (Å²) < 4.78 is 37.4. The lowest BCUT2D eigenvalue weighted by Gasteiger charge is -2.18. The fraction of sp³-hybridized carbons (Fsp3) is 0.571. The van der Waals surface area contributed by atoms with E-state index in [1.54, 1.807) is 0 Å². The molecule has 114 valence electrons. The van der Waals surface area contributed by atoms with Gasteiger partial charge in [0.2, 0.25) is 0 Å². The van der Waals surface area contributed by atoms with Gasteiger partial charge < -0.3 is 16.2 Å². The highest BCUT2D eigenvalue weighted by Gasteiger charge is 2.30. The fourth-order valence-electron chi connectivity index (χ4n) is 1.93. The van der Waals surface area contributed by atoms with Crippen LogP contribution in [0.15, 0.2) is 24.3 Å². The molecule has 0 saturated heterocycles. The van der Waals surface area contributed by atoms with Crippen molar-refractivity contribution >= 4 is 0 Å². The fourth-order valence-corrected chi connectivity index (χ4v) is 1.93. The van der Waals surface area contributed by atoms with Gasteiger partial charge in [0.15, 0.2) is 0 Å². The number of unbranched alkanes of at least 4 members (excludes halogenated alkanes) is 2. The summed E-state index contributed by atoms with van der Waals surface area (Å²) in [5.74, 6) is 0. The largest absolute Gasteiger partial charge is 0.416 e. The summed E-state index contributed by atoms with van der Waals surface area (Å²) in [6.45, 7) is 1.23. The second-order valence-corrected chi connectivity index (χ2v) is 4.65. The molecule has 0 heterocycles. The summed E-state index contributed by atoms with van der Waals surface area (Å²) in [5, 5.41) is 11.9. The highest BCUT2D eigenvalue weighted by molar-refractivity contribution is 5.27. The first-order valence-electron chi connectivity index (χ1n) is 6.70. The van der Waals surface area contributed by atoms with Gasteiger partial charge in [-0.05, 0) is 43.5 Å². The van der Waals surface area contributed by atoms with Crippen molar-refractivity contribution in [2.45, 2.75) is 31.5 Å². The van der Waals surface area contributed by atoms with Gasteiger partial charge in [-0.2, -0.15) is 13.2 Å². The Morgan fingerprint density at radius 2 is 1.75 bits per heavy atom. The predicted molar refractivity (Wildman–Crippen MR) is 72.2 cm³/mol. The minimum absolute atomic E-state index is 0.147. The van der Waals surface area contributed by atoms with Crippen LogP contribution in [-0.2, 0) is 6.18 Å². The first kappa shape index (κ1) is 16.9. The van der Waals surface area contributed by atoms with Crippen LogP contribution in [-0.4, -0.2) is 24.8 Å². The molecular weight excluding hydrogens is 269 g/mol. The zero-order chi connectivity index (χ0) is 15.0. The Kier molecular flexibility index (Phi) is 6.98. The number of halogens is 3. The van der Waals surface area contributed by atoms with Crippen molar-refractivity contribution in [1.82, 2.24) is 5.32 Å². The molecule has 0 aliphatic carbocycles. The lowest BCUT2D eigenvalue weighted by molar-refractivity contribution is -0.137. The SMILES string of the molecule is NCC(NCCCCCO)c1ccc(C(F)(F)F)cc1. The van der Waals surface area contributed by atoms with E-state index in [2.05, 4.69) is 5.32 Å². The number of rotatable bonds is 8. The van der Waals surface area contributed by atoms with Gasteiger partial charge in [-0.15, -0.1) is 0 Å². The maximum Gasteiger partial charge on any atom is 0.416 e. The van der Waals surface area contributed by atoms with E-state index in [9.17, 15) is 13.2 Å². The molecule has 4 N–H and O–H groups in total. The Labute approximate surface area is 117 Å². The monoisotopic (exact) mass is 290 g/mol. The van der Waals surface area contributed by atoms with Crippen LogP contribution in [0, 0.1) is 0 Å². The molecule has 0 aliphatic heterocycles. The van der Waals surface area contributed by atoms with Crippen molar-refractivity contribution in [1.29, 1.82) is 0 Å². The highest BCUT2D eigenvalue weighted by Crippen LogP contribution is 2.29. The molecule has 0 aliphatic rings. The number of aliphatic hydroxyl groups excluding tert-OH is 1. The molecule has 0 aromatic heterocycles. The molecule has 1 unspecified atom stereocenters. The van der Waals surface area contributed by atoms with Crippen molar-refractivity contribution < 1.29 is 18.3 Å². The average Bonchev–Trinajstić information content (AvgIpc) is 2.42. The van der Waals surface area contributed by atoms with Gasteiger partial charge in [0, 0.05) is 19.2 Å². The molecule has 1 aromatic carbocycles. The van der Waals surface area contributed by atoms with Crippen LogP contribution in [0.1, 0.15) is 36.4 Å². The number of aliphatic hydroxyl groups is 1. The Morgan fingerprint density at radius 1 is 1.10 bits per heavy atom. The minimum Gasteiger partial charge on any atom is -0.396 e. The van der Waals surface area contributed by atoms with Crippen LogP contribution in [0.5, 0.6) is 0 Å². The number of nitrogens with one attached hydrogen (secondary N) is 1. The molecule has 20 heavy (non-hydrogen) atoms. The van der Waals surface area contributed by atoms with E-state index in [0.717, 1.165) is 43.5 Å². The van der Waals surface area contributed by atoms with Gasteiger partial charge in [0.1, 0.15) is 0 Å². The summed E-state index contributed by atoms with van der Waals surface area (Å²) in [6.07, 6.45) is -1.74. The summed E-state index contributed by atoms with van der Waals surface area (Å²) in [7, 11) is 0. The van der Waals surface area contributed by atoms with E-state index >= 15 is 0 Å². The summed E-state index contributed by atoms with van der Waals surface area (Å²) >= 11 is 0. The van der Waals surface area contributed by atoms with Crippen LogP contribution in [0.25, 0.3) is 0 Å². The van der Waals surface area contributed by atoms with E-state index in [4.69, 9.17) is 10.8 Å². The maximum absolute atomic E-state index is 12.5. The van der Waals surface area contributed by atoms with Gasteiger partial charge in [-0.25, -0.2) is 0 Å². The smallest absolute Gasteiger partial charge is 0.396 e. The molecule has 0 amide bonds. The first-order chi connectivity index (χ1) is 9.49. The maximum atomic E-state index is 12.5. The lowest BCUT2D eigenvalue weighted by Crippen LogP contribution is -2.29. The van der Waals surface area contributed by atoms with Crippen LogP contribution in [0.2, 0.25) is 0 Å². The van der Waals surface area contributed by atoms with E-state index in [0.29, 0.717) is 6.54 Å². The van der Waals surface area contributed by atoms with Crippen LogP contribution in [0.3, 0.4) is 0 Å². The third-order valence-corrected chi connectivity index (χ3v) is 3.10. The molecule has 6 heteroatoms. The van der Waals surface area contributed by atoms with E-state index in [1.165, 1.54) is 12.1 Å². The van der Waals surface area contributed by atoms with Crippen molar-refractivity contribution in [3.8, 4) is 0 Å². The summed E-state index contributed by atoms with van der Waals surface area (Å²) in [5.41, 5.74) is 5.74. The molecular formula is C14H21F3N2O. The summed E-state index contributed by atoms with van der Waals surface area (Å²) in [6, 6.07) is 4.92.